The molecule has 3 nitrogen and oxygen atoms in total. The molecule has 0 amide bonds. The van der Waals surface area contributed by atoms with Gasteiger partial charge in [0, 0.05) is 32.3 Å². The third kappa shape index (κ3) is 4.87. The minimum absolute atomic E-state index is 0.677. The number of unbranched alkanes of at least 4 members (excludes halogenated alkanes) is 1. The van der Waals surface area contributed by atoms with Crippen LogP contribution in [0.1, 0.15) is 47.5 Å². The Balaban J connectivity index is 4.95. The first kappa shape index (κ1) is 17.9. The van der Waals surface area contributed by atoms with Crippen LogP contribution in [0.15, 0.2) is 12.2 Å². The molecular weight excluding hydrogens is 243 g/mol. The highest BCUT2D eigenvalue weighted by Gasteiger charge is 2.32. The Morgan fingerprint density at radius 3 is 1.61 bits per heavy atom. The van der Waals surface area contributed by atoms with Gasteiger partial charge in [-0.25, -0.2) is 9.34 Å². The van der Waals surface area contributed by atoms with Gasteiger partial charge in [0.15, 0.2) is 0 Å². The summed E-state index contributed by atoms with van der Waals surface area (Å²) in [5, 5.41) is 0. The average Bonchev–Trinajstić information content (AvgIpc) is 2.37. The van der Waals surface area contributed by atoms with Gasteiger partial charge in [-0.15, -0.1) is 0 Å². The Hall–Kier alpha value is -0.110. The minimum Gasteiger partial charge on any atom is -0.288 e. The zero-order valence-corrected chi connectivity index (χ0v) is 13.7. The van der Waals surface area contributed by atoms with E-state index in [9.17, 15) is 4.57 Å². The van der Waals surface area contributed by atoms with Gasteiger partial charge in [0.05, 0.1) is 0 Å². The van der Waals surface area contributed by atoms with Gasteiger partial charge >= 0.3 is 0 Å². The van der Waals surface area contributed by atoms with Crippen LogP contribution in [-0.4, -0.2) is 41.7 Å². The van der Waals surface area contributed by atoms with E-state index in [4.69, 9.17) is 0 Å². The molecule has 0 aliphatic heterocycles. The second-order valence-corrected chi connectivity index (χ2v) is 7.21. The summed E-state index contributed by atoms with van der Waals surface area (Å²) in [5.41, 5.74) is 0. The first-order valence-corrected chi connectivity index (χ1v) is 9.15. The summed E-state index contributed by atoms with van der Waals surface area (Å²) in [4.78, 5) is 0. The number of nitrogens with zero attached hydrogens (tertiary/aromatic N) is 2. The van der Waals surface area contributed by atoms with E-state index < -0.39 is 7.44 Å². The van der Waals surface area contributed by atoms with E-state index in [0.717, 1.165) is 39.0 Å². The van der Waals surface area contributed by atoms with Crippen LogP contribution in [0.2, 0.25) is 0 Å². The van der Waals surface area contributed by atoms with Crippen molar-refractivity contribution in [3.63, 3.8) is 0 Å². The largest absolute Gasteiger partial charge is 0.288 e. The third-order valence-electron chi connectivity index (χ3n) is 3.31. The fraction of sp³-hybridized carbons (Fsp3) is 0.857. The zero-order chi connectivity index (χ0) is 14.0. The third-order valence-corrected chi connectivity index (χ3v) is 6.89. The molecule has 0 heterocycles. The van der Waals surface area contributed by atoms with Gasteiger partial charge in [0.25, 0.3) is 0 Å². The normalized spacial score (nSPS) is 13.1. The molecule has 0 aromatic heterocycles. The number of rotatable bonds is 10. The predicted molar refractivity (Wildman–Crippen MR) is 82.4 cm³/mol. The van der Waals surface area contributed by atoms with Crippen molar-refractivity contribution in [1.29, 1.82) is 0 Å². The van der Waals surface area contributed by atoms with E-state index in [2.05, 4.69) is 56.1 Å². The van der Waals surface area contributed by atoms with Crippen molar-refractivity contribution in [2.24, 2.45) is 0 Å². The number of hydrogen-bond acceptors (Lipinski definition) is 1. The van der Waals surface area contributed by atoms with Crippen LogP contribution in [0, 0.1) is 0 Å². The van der Waals surface area contributed by atoms with Crippen LogP contribution in [0.25, 0.3) is 0 Å². The molecule has 0 N–H and O–H groups in total. The van der Waals surface area contributed by atoms with Gasteiger partial charge in [0.1, 0.15) is 0 Å². The minimum atomic E-state index is -2.40. The smallest absolute Gasteiger partial charge is 0.220 e. The molecule has 0 aromatic rings. The first-order chi connectivity index (χ1) is 8.60. The zero-order valence-electron chi connectivity index (χ0n) is 12.9. The summed E-state index contributed by atoms with van der Waals surface area (Å²) in [7, 11) is -2.40. The van der Waals surface area contributed by atoms with Crippen molar-refractivity contribution < 1.29 is 4.57 Å². The predicted octanol–water partition coefficient (Wildman–Crippen LogP) is 4.22. The maximum atomic E-state index is 13.3. The van der Waals surface area contributed by atoms with Gasteiger partial charge in [-0.1, -0.05) is 53.2 Å². The molecule has 0 unspecified atom stereocenters. The molecular formula is C14H31N2OP. The maximum absolute atomic E-state index is 13.3. The number of allylic oxidation sites excluding steroid dienone is 2. The Bertz CT molecular complexity index is 255. The molecule has 0 saturated carbocycles. The Morgan fingerprint density at radius 2 is 1.28 bits per heavy atom. The molecule has 0 bridgehead atoms. The lowest BCUT2D eigenvalue weighted by Gasteiger charge is -2.37. The van der Waals surface area contributed by atoms with Gasteiger partial charge in [-0.2, -0.15) is 0 Å². The summed E-state index contributed by atoms with van der Waals surface area (Å²) in [6, 6.07) is 0. The Labute approximate surface area is 114 Å². The second-order valence-electron chi connectivity index (χ2n) is 4.39. The van der Waals surface area contributed by atoms with Crippen molar-refractivity contribution in [1.82, 2.24) is 9.34 Å². The van der Waals surface area contributed by atoms with Gasteiger partial charge in [-0.3, -0.25) is 4.57 Å². The van der Waals surface area contributed by atoms with Crippen LogP contribution in [0.4, 0.5) is 0 Å². The molecule has 0 aromatic carbocycles. The second kappa shape index (κ2) is 9.77. The lowest BCUT2D eigenvalue weighted by atomic mass is 10.3. The molecule has 0 saturated heterocycles. The molecule has 0 rings (SSSR count). The molecule has 0 radical (unpaired) electrons. The quantitative estimate of drug-likeness (QED) is 0.440. The van der Waals surface area contributed by atoms with Crippen LogP contribution in [0.5, 0.6) is 0 Å². The van der Waals surface area contributed by atoms with E-state index in [1.165, 1.54) is 0 Å². The number of hydrogen-bond donors (Lipinski definition) is 0. The molecule has 108 valence electrons. The SMILES string of the molecule is CCCC=CCP(=O)(N(CC)CC)N(CC)CC. The summed E-state index contributed by atoms with van der Waals surface area (Å²) >= 11 is 0. The topological polar surface area (TPSA) is 23.6 Å². The lowest BCUT2D eigenvalue weighted by Crippen LogP contribution is -2.33. The van der Waals surface area contributed by atoms with Crippen molar-refractivity contribution in [2.45, 2.75) is 47.5 Å². The van der Waals surface area contributed by atoms with Gasteiger partial charge in [-0.05, 0) is 6.42 Å². The molecule has 4 heteroatoms. The van der Waals surface area contributed by atoms with E-state index in [1.807, 2.05) is 0 Å². The monoisotopic (exact) mass is 274 g/mol. The average molecular weight is 274 g/mol. The van der Waals surface area contributed by atoms with Crippen molar-refractivity contribution in [2.75, 3.05) is 32.3 Å². The van der Waals surface area contributed by atoms with Gasteiger partial charge in [0.2, 0.25) is 7.44 Å². The van der Waals surface area contributed by atoms with Crippen LogP contribution >= 0.6 is 7.44 Å². The highest BCUT2D eigenvalue weighted by atomic mass is 31.2. The Kier molecular flexibility index (Phi) is 9.71. The van der Waals surface area contributed by atoms with E-state index in [1.54, 1.807) is 0 Å². The summed E-state index contributed by atoms with van der Waals surface area (Å²) < 4.78 is 17.6. The van der Waals surface area contributed by atoms with Crippen LogP contribution in [-0.2, 0) is 4.57 Å². The molecule has 0 fully saturated rings. The lowest BCUT2D eigenvalue weighted by molar-refractivity contribution is 0.362. The maximum Gasteiger partial charge on any atom is 0.220 e. The fourth-order valence-corrected chi connectivity index (χ4v) is 5.25. The van der Waals surface area contributed by atoms with Crippen molar-refractivity contribution in [3.8, 4) is 0 Å². The summed E-state index contributed by atoms with van der Waals surface area (Å²) in [5.74, 6) is 0. The van der Waals surface area contributed by atoms with Crippen LogP contribution < -0.4 is 0 Å². The molecule has 0 aliphatic carbocycles. The molecule has 0 aliphatic rings. The van der Waals surface area contributed by atoms with Gasteiger partial charge < -0.3 is 0 Å². The fourth-order valence-electron chi connectivity index (χ4n) is 2.24. The van der Waals surface area contributed by atoms with E-state index >= 15 is 0 Å². The molecule has 18 heavy (non-hydrogen) atoms. The Morgan fingerprint density at radius 1 is 0.833 bits per heavy atom. The summed E-state index contributed by atoms with van der Waals surface area (Å²) in [6.45, 7) is 13.9. The van der Waals surface area contributed by atoms with Crippen molar-refractivity contribution in [3.05, 3.63) is 12.2 Å². The molecule has 0 spiro atoms. The summed E-state index contributed by atoms with van der Waals surface area (Å²) in [6.07, 6.45) is 7.19. The van der Waals surface area contributed by atoms with E-state index in [0.29, 0.717) is 6.16 Å². The van der Waals surface area contributed by atoms with Crippen LogP contribution in [0.3, 0.4) is 0 Å². The van der Waals surface area contributed by atoms with Crippen molar-refractivity contribution >= 4 is 7.44 Å². The highest BCUT2D eigenvalue weighted by molar-refractivity contribution is 7.59. The standard InChI is InChI=1S/C14H31N2OP/c1-6-11-12-13-14-18(17,15(7-2)8-3)16(9-4)10-5/h12-13H,6-11,14H2,1-5H3. The highest BCUT2D eigenvalue weighted by Crippen LogP contribution is 2.52. The first-order valence-electron chi connectivity index (χ1n) is 7.35. The van der Waals surface area contributed by atoms with E-state index in [-0.39, 0.29) is 0 Å². The molecule has 0 atom stereocenters.